The summed E-state index contributed by atoms with van der Waals surface area (Å²) in [7, 11) is 1.77. The number of fused-ring (bicyclic) bond motifs is 3. The van der Waals surface area contributed by atoms with Crippen molar-refractivity contribution in [1.29, 1.82) is 0 Å². The maximum absolute atomic E-state index is 12.6. The summed E-state index contributed by atoms with van der Waals surface area (Å²) < 4.78 is 0. The number of pyridine rings is 1. The fourth-order valence-electron chi connectivity index (χ4n) is 3.58. The molecule has 0 unspecified atom stereocenters. The van der Waals surface area contributed by atoms with Crippen LogP contribution in [0.4, 0.5) is 0 Å². The Hall–Kier alpha value is -3.46. The Kier molecular flexibility index (Phi) is 4.43. The number of nitrogens with zero attached hydrogens (tertiary/aromatic N) is 1. The number of benzene rings is 3. The SMILES string of the molecule is C/C=C(\C=NC)c1cccc(-c2ccc(=O)c3c2ccc2ccc[nH]c23)c1. The van der Waals surface area contributed by atoms with Crippen LogP contribution in [0.2, 0.25) is 0 Å². The number of hydrogen-bond donors (Lipinski definition) is 1. The molecular weight excluding hydrogens is 332 g/mol. The minimum atomic E-state index is 0.0326. The first-order valence-electron chi connectivity index (χ1n) is 8.95. The lowest BCUT2D eigenvalue weighted by Gasteiger charge is -2.11. The van der Waals surface area contributed by atoms with Crippen molar-refractivity contribution in [3.05, 3.63) is 88.7 Å². The average Bonchev–Trinajstić information content (AvgIpc) is 2.72. The molecule has 3 nitrogen and oxygen atoms in total. The molecule has 3 heteroatoms. The van der Waals surface area contributed by atoms with Crippen molar-refractivity contribution < 1.29 is 0 Å². The van der Waals surface area contributed by atoms with Gasteiger partial charge in [-0.1, -0.05) is 42.5 Å². The first-order valence-corrected chi connectivity index (χ1v) is 8.95. The molecule has 0 atom stereocenters. The van der Waals surface area contributed by atoms with Crippen LogP contribution in [0.1, 0.15) is 12.5 Å². The average molecular weight is 352 g/mol. The van der Waals surface area contributed by atoms with Crippen LogP contribution in [0.3, 0.4) is 0 Å². The van der Waals surface area contributed by atoms with Crippen LogP contribution < -0.4 is 5.43 Å². The van der Waals surface area contributed by atoms with E-state index in [-0.39, 0.29) is 5.43 Å². The van der Waals surface area contributed by atoms with E-state index in [9.17, 15) is 4.79 Å². The second kappa shape index (κ2) is 7.04. The summed E-state index contributed by atoms with van der Waals surface area (Å²) in [5, 5.41) is 2.72. The summed E-state index contributed by atoms with van der Waals surface area (Å²) in [5.74, 6) is 0. The van der Waals surface area contributed by atoms with Crippen molar-refractivity contribution in [2.24, 2.45) is 4.99 Å². The van der Waals surface area contributed by atoms with Crippen LogP contribution in [0, 0.1) is 0 Å². The quantitative estimate of drug-likeness (QED) is 0.387. The zero-order valence-corrected chi connectivity index (χ0v) is 15.4. The molecule has 132 valence electrons. The maximum Gasteiger partial charge on any atom is 0.188 e. The molecule has 0 saturated carbocycles. The van der Waals surface area contributed by atoms with Crippen molar-refractivity contribution >= 4 is 33.5 Å². The van der Waals surface area contributed by atoms with E-state index in [1.54, 1.807) is 13.1 Å². The minimum Gasteiger partial charge on any atom is -0.361 e. The number of nitrogens with one attached hydrogen (secondary N) is 1. The molecule has 1 aromatic heterocycles. The molecule has 0 aliphatic rings. The summed E-state index contributed by atoms with van der Waals surface area (Å²) in [6, 6.07) is 20.0. The van der Waals surface area contributed by atoms with Gasteiger partial charge >= 0.3 is 0 Å². The van der Waals surface area contributed by atoms with Crippen molar-refractivity contribution in [2.75, 3.05) is 7.05 Å². The van der Waals surface area contributed by atoms with Crippen LogP contribution >= 0.6 is 0 Å². The van der Waals surface area contributed by atoms with Crippen molar-refractivity contribution in [2.45, 2.75) is 6.92 Å². The van der Waals surface area contributed by atoms with Crippen LogP contribution in [-0.2, 0) is 0 Å². The highest BCUT2D eigenvalue weighted by Crippen LogP contribution is 2.31. The van der Waals surface area contributed by atoms with E-state index in [2.05, 4.69) is 34.2 Å². The maximum atomic E-state index is 12.6. The number of hydrogen-bond acceptors (Lipinski definition) is 2. The molecule has 0 aliphatic carbocycles. The van der Waals surface area contributed by atoms with Gasteiger partial charge in [0.05, 0.1) is 10.9 Å². The number of aliphatic imine (C=N–C) groups is 1. The third kappa shape index (κ3) is 2.97. The smallest absolute Gasteiger partial charge is 0.188 e. The molecule has 4 rings (SSSR count). The second-order valence-electron chi connectivity index (χ2n) is 6.45. The lowest BCUT2D eigenvalue weighted by molar-refractivity contribution is 1.42. The Morgan fingerprint density at radius 1 is 1.04 bits per heavy atom. The van der Waals surface area contributed by atoms with Gasteiger partial charge in [0.25, 0.3) is 0 Å². The van der Waals surface area contributed by atoms with E-state index in [1.165, 1.54) is 0 Å². The third-order valence-corrected chi connectivity index (χ3v) is 4.86. The Bertz CT molecular complexity index is 1260. The highest BCUT2D eigenvalue weighted by Gasteiger charge is 2.11. The molecule has 0 fully saturated rings. The Balaban J connectivity index is 2.00. The van der Waals surface area contributed by atoms with Crippen LogP contribution in [0.15, 0.2) is 82.7 Å². The van der Waals surface area contributed by atoms with Gasteiger partial charge in [0.1, 0.15) is 0 Å². The Morgan fingerprint density at radius 2 is 1.93 bits per heavy atom. The van der Waals surface area contributed by atoms with Crippen LogP contribution in [0.5, 0.6) is 0 Å². The predicted octanol–water partition coefficient (Wildman–Crippen LogP) is 5.45. The summed E-state index contributed by atoms with van der Waals surface area (Å²) in [6.07, 6.45) is 5.77. The van der Waals surface area contributed by atoms with E-state index in [0.29, 0.717) is 0 Å². The van der Waals surface area contributed by atoms with Gasteiger partial charge in [0.2, 0.25) is 0 Å². The molecular formula is C24H20N2O. The van der Waals surface area contributed by atoms with Gasteiger partial charge in [0.15, 0.2) is 5.43 Å². The van der Waals surface area contributed by atoms with Gasteiger partial charge in [-0.15, -0.1) is 0 Å². The summed E-state index contributed by atoms with van der Waals surface area (Å²) in [4.78, 5) is 20.0. The van der Waals surface area contributed by atoms with Gasteiger partial charge in [-0.25, -0.2) is 0 Å². The van der Waals surface area contributed by atoms with Crippen molar-refractivity contribution in [3.63, 3.8) is 0 Å². The standard InChI is InChI=1S/C24H20N2O/c1-3-16(15-25-2)18-6-4-7-19(14-18)20-11-12-22(27)23-21(20)10-9-17-8-5-13-26-24(17)23/h3-15,26H,1-2H3/b16-3+,25-15?. The largest absolute Gasteiger partial charge is 0.361 e. The van der Waals surface area contributed by atoms with Crippen molar-refractivity contribution in [1.82, 2.24) is 4.98 Å². The van der Waals surface area contributed by atoms with E-state index >= 15 is 0 Å². The fraction of sp³-hybridized carbons (Fsp3) is 0.0833. The molecule has 0 bridgehead atoms. The number of aromatic amines is 1. The Morgan fingerprint density at radius 3 is 2.74 bits per heavy atom. The molecule has 1 heterocycles. The van der Waals surface area contributed by atoms with Crippen LogP contribution in [0.25, 0.3) is 38.4 Å². The van der Waals surface area contributed by atoms with Gasteiger partial charge in [-0.3, -0.25) is 9.79 Å². The summed E-state index contributed by atoms with van der Waals surface area (Å²) in [6.45, 7) is 2.01. The minimum absolute atomic E-state index is 0.0326. The van der Waals surface area contributed by atoms with Gasteiger partial charge < -0.3 is 4.98 Å². The topological polar surface area (TPSA) is 45.2 Å². The summed E-state index contributed by atoms with van der Waals surface area (Å²) in [5.41, 5.74) is 5.22. The lowest BCUT2D eigenvalue weighted by Crippen LogP contribution is -2.01. The first-order chi connectivity index (χ1) is 13.2. The molecule has 0 spiro atoms. The van der Waals surface area contributed by atoms with E-state index in [1.807, 2.05) is 55.7 Å². The summed E-state index contributed by atoms with van der Waals surface area (Å²) >= 11 is 0. The molecule has 27 heavy (non-hydrogen) atoms. The second-order valence-corrected chi connectivity index (χ2v) is 6.45. The molecule has 0 aliphatic heterocycles. The van der Waals surface area contributed by atoms with E-state index < -0.39 is 0 Å². The number of allylic oxidation sites excluding steroid dienone is 2. The molecule has 4 aromatic rings. The highest BCUT2D eigenvalue weighted by molar-refractivity contribution is 6.12. The lowest BCUT2D eigenvalue weighted by atomic mass is 9.94. The van der Waals surface area contributed by atoms with Gasteiger partial charge in [-0.05, 0) is 64.2 Å². The van der Waals surface area contributed by atoms with Gasteiger partial charge in [0, 0.05) is 19.5 Å². The molecule has 0 saturated heterocycles. The Labute approximate surface area is 157 Å². The zero-order chi connectivity index (χ0) is 18.8. The van der Waals surface area contributed by atoms with E-state index in [4.69, 9.17) is 0 Å². The van der Waals surface area contributed by atoms with Gasteiger partial charge in [-0.2, -0.15) is 0 Å². The number of rotatable bonds is 3. The third-order valence-electron chi connectivity index (χ3n) is 4.86. The zero-order valence-electron chi connectivity index (χ0n) is 15.4. The number of H-pyrrole nitrogens is 1. The predicted molar refractivity (Wildman–Crippen MR) is 116 cm³/mol. The molecule has 0 amide bonds. The fourth-order valence-corrected chi connectivity index (χ4v) is 3.58. The first kappa shape index (κ1) is 17.0. The normalized spacial score (nSPS) is 12.3. The molecule has 3 aromatic carbocycles. The monoisotopic (exact) mass is 352 g/mol. The van der Waals surface area contributed by atoms with Crippen LogP contribution in [-0.4, -0.2) is 18.2 Å². The molecule has 1 N–H and O–H groups in total. The van der Waals surface area contributed by atoms with Crippen molar-refractivity contribution in [3.8, 4) is 11.1 Å². The number of aromatic nitrogens is 1. The highest BCUT2D eigenvalue weighted by atomic mass is 16.1. The molecule has 0 radical (unpaired) electrons. The van der Waals surface area contributed by atoms with E-state index in [0.717, 1.165) is 43.9 Å².